The highest BCUT2D eigenvalue weighted by Crippen LogP contribution is 2.28. The minimum atomic E-state index is -5.59. The molecule has 0 aliphatic carbocycles. The number of nitrogens with one attached hydrogen (secondary N) is 1. The van der Waals surface area contributed by atoms with E-state index < -0.39 is 44.8 Å². The fraction of sp³-hybridized carbons (Fsp3) is 0.300. The summed E-state index contributed by atoms with van der Waals surface area (Å²) in [7, 11) is -5.59. The third kappa shape index (κ3) is 5.02. The van der Waals surface area contributed by atoms with Gasteiger partial charge in [0.1, 0.15) is 17.8 Å². The van der Waals surface area contributed by atoms with E-state index in [1.54, 1.807) is 6.92 Å². The van der Waals surface area contributed by atoms with Gasteiger partial charge in [-0.1, -0.05) is 24.6 Å². The van der Waals surface area contributed by atoms with E-state index in [1.807, 2.05) is 0 Å². The van der Waals surface area contributed by atoms with Crippen LogP contribution in [0.2, 0.25) is 5.15 Å². The van der Waals surface area contributed by atoms with Crippen LogP contribution in [0.5, 0.6) is 0 Å². The SMILES string of the molecule is CCc1nc2nc(Cl)c(F)cn2c1C(=O)NCc1ccc(N2CCN(S(=O)(=O)C(F)(F)F)C=N2)c(F)c1. The molecule has 0 saturated carbocycles. The Morgan fingerprint density at radius 2 is 1.89 bits per heavy atom. The van der Waals surface area contributed by atoms with Crippen LogP contribution in [0.15, 0.2) is 29.5 Å². The lowest BCUT2D eigenvalue weighted by atomic mass is 10.1. The molecule has 37 heavy (non-hydrogen) atoms. The number of halogens is 6. The summed E-state index contributed by atoms with van der Waals surface area (Å²) in [6, 6.07) is 3.82. The highest BCUT2D eigenvalue weighted by atomic mass is 35.5. The summed E-state index contributed by atoms with van der Waals surface area (Å²) in [5, 5.41) is 6.82. The monoisotopic (exact) mass is 565 g/mol. The zero-order chi connectivity index (χ0) is 27.1. The van der Waals surface area contributed by atoms with Crippen LogP contribution in [-0.4, -0.2) is 57.9 Å². The van der Waals surface area contributed by atoms with Crippen molar-refractivity contribution < 1.29 is 35.2 Å². The molecule has 1 amide bonds. The van der Waals surface area contributed by atoms with Gasteiger partial charge in [0, 0.05) is 6.54 Å². The summed E-state index contributed by atoms with van der Waals surface area (Å²) in [5.74, 6) is -2.24. The molecular formula is C20H17ClF5N7O3S. The minimum Gasteiger partial charge on any atom is -0.347 e. The highest BCUT2D eigenvalue weighted by molar-refractivity contribution is 7.90. The standard InChI is InChI=1S/C20H17ClF5N7O3S/c1-2-14-16(32-9-13(23)17(21)30-19(32)29-14)18(34)27-8-11-3-4-15(12(22)7-11)33-6-5-31(10-28-33)37(35,36)20(24,25)26/h3-4,7,9-10H,2,5-6,8H2,1H3,(H,27,34). The number of aromatic nitrogens is 3. The highest BCUT2D eigenvalue weighted by Gasteiger charge is 2.50. The molecule has 0 unspecified atom stereocenters. The van der Waals surface area contributed by atoms with Crippen molar-refractivity contribution in [3.8, 4) is 0 Å². The molecule has 10 nitrogen and oxygen atoms in total. The van der Waals surface area contributed by atoms with Gasteiger partial charge in [-0.05, 0) is 24.1 Å². The molecule has 1 aliphatic rings. The van der Waals surface area contributed by atoms with Crippen molar-refractivity contribution in [3.05, 3.63) is 58.1 Å². The van der Waals surface area contributed by atoms with Crippen molar-refractivity contribution in [3.63, 3.8) is 0 Å². The number of aryl methyl sites for hydroxylation is 1. The number of amides is 1. The van der Waals surface area contributed by atoms with Gasteiger partial charge in [-0.25, -0.2) is 18.1 Å². The van der Waals surface area contributed by atoms with Crippen LogP contribution >= 0.6 is 11.6 Å². The molecule has 4 rings (SSSR count). The quantitative estimate of drug-likeness (QED) is 0.363. The second-order valence-corrected chi connectivity index (χ2v) is 9.93. The molecule has 2 aromatic heterocycles. The van der Waals surface area contributed by atoms with E-state index in [-0.39, 0.29) is 34.6 Å². The van der Waals surface area contributed by atoms with Crippen LogP contribution in [0, 0.1) is 11.6 Å². The fourth-order valence-corrected chi connectivity index (χ4v) is 4.40. The Bertz CT molecular complexity index is 1510. The summed E-state index contributed by atoms with van der Waals surface area (Å²) < 4.78 is 90.9. The molecule has 0 saturated heterocycles. The molecule has 1 aliphatic heterocycles. The Labute approximate surface area is 211 Å². The summed E-state index contributed by atoms with van der Waals surface area (Å²) in [6.45, 7) is 0.687. The van der Waals surface area contributed by atoms with Gasteiger partial charge in [0.2, 0.25) is 5.78 Å². The Kier molecular flexibility index (Phi) is 6.98. The normalized spacial score (nSPS) is 14.5. The molecule has 0 bridgehead atoms. The average molecular weight is 566 g/mol. The van der Waals surface area contributed by atoms with Gasteiger partial charge in [-0.2, -0.15) is 31.7 Å². The first-order chi connectivity index (χ1) is 17.3. The van der Waals surface area contributed by atoms with Crippen LogP contribution in [0.4, 0.5) is 27.6 Å². The maximum Gasteiger partial charge on any atom is 0.516 e. The number of hydrogen-bond donors (Lipinski definition) is 1. The Balaban J connectivity index is 1.48. The second kappa shape index (κ2) is 9.74. The summed E-state index contributed by atoms with van der Waals surface area (Å²) in [6.07, 6.45) is 1.79. The predicted octanol–water partition coefficient (Wildman–Crippen LogP) is 3.07. The van der Waals surface area contributed by atoms with Crippen molar-refractivity contribution in [2.75, 3.05) is 18.1 Å². The van der Waals surface area contributed by atoms with E-state index in [0.29, 0.717) is 24.0 Å². The number of hydrazone groups is 1. The van der Waals surface area contributed by atoms with E-state index in [9.17, 15) is 35.2 Å². The van der Waals surface area contributed by atoms with Crippen molar-refractivity contribution in [1.82, 2.24) is 24.0 Å². The first kappa shape index (κ1) is 26.5. The molecule has 0 spiro atoms. The predicted molar refractivity (Wildman–Crippen MR) is 122 cm³/mol. The van der Waals surface area contributed by atoms with E-state index in [0.717, 1.165) is 21.7 Å². The Morgan fingerprint density at radius 3 is 2.49 bits per heavy atom. The molecule has 17 heteroatoms. The maximum absolute atomic E-state index is 14.7. The number of nitrogens with zero attached hydrogens (tertiary/aromatic N) is 6. The van der Waals surface area contributed by atoms with E-state index in [2.05, 4.69) is 20.4 Å². The van der Waals surface area contributed by atoms with Gasteiger partial charge >= 0.3 is 15.5 Å². The average Bonchev–Trinajstić information content (AvgIpc) is 3.19. The van der Waals surface area contributed by atoms with Crippen LogP contribution < -0.4 is 10.3 Å². The van der Waals surface area contributed by atoms with Gasteiger partial charge in [0.05, 0.1) is 30.7 Å². The molecule has 0 radical (unpaired) electrons. The summed E-state index contributed by atoms with van der Waals surface area (Å²) >= 11 is 5.68. The van der Waals surface area contributed by atoms with Crippen LogP contribution in [0.1, 0.15) is 28.7 Å². The number of carbonyl (C=O) groups is 1. The van der Waals surface area contributed by atoms with E-state index >= 15 is 0 Å². The van der Waals surface area contributed by atoms with E-state index in [4.69, 9.17) is 11.6 Å². The number of carbonyl (C=O) groups excluding carboxylic acids is 1. The molecule has 0 fully saturated rings. The number of imidazole rings is 1. The van der Waals surface area contributed by atoms with Crippen molar-refractivity contribution >= 4 is 45.3 Å². The first-order valence-electron chi connectivity index (χ1n) is 10.5. The van der Waals surface area contributed by atoms with Crippen molar-refractivity contribution in [2.45, 2.75) is 25.4 Å². The Morgan fingerprint density at radius 1 is 1.16 bits per heavy atom. The van der Waals surface area contributed by atoms with Crippen LogP contribution in [0.25, 0.3) is 5.78 Å². The van der Waals surface area contributed by atoms with E-state index in [1.165, 1.54) is 12.1 Å². The molecule has 3 heterocycles. The lowest BCUT2D eigenvalue weighted by Gasteiger charge is -2.29. The molecule has 1 aromatic carbocycles. The lowest BCUT2D eigenvalue weighted by molar-refractivity contribution is -0.0471. The zero-order valence-electron chi connectivity index (χ0n) is 18.8. The molecular weight excluding hydrogens is 549 g/mol. The number of fused-ring (bicyclic) bond motifs is 1. The lowest BCUT2D eigenvalue weighted by Crippen LogP contribution is -2.46. The number of alkyl halides is 3. The van der Waals surface area contributed by atoms with Crippen LogP contribution in [-0.2, 0) is 23.0 Å². The third-order valence-electron chi connectivity index (χ3n) is 5.35. The van der Waals surface area contributed by atoms with Gasteiger partial charge in [-0.15, -0.1) is 0 Å². The van der Waals surface area contributed by atoms with Gasteiger partial charge in [0.25, 0.3) is 5.91 Å². The molecule has 3 aromatic rings. The number of benzene rings is 1. The summed E-state index contributed by atoms with van der Waals surface area (Å²) in [4.78, 5) is 20.8. The van der Waals surface area contributed by atoms with Gasteiger partial charge in [-0.3, -0.25) is 14.2 Å². The second-order valence-electron chi connectivity index (χ2n) is 7.69. The molecule has 1 N–H and O–H groups in total. The van der Waals surface area contributed by atoms with Crippen molar-refractivity contribution in [2.24, 2.45) is 5.10 Å². The number of anilines is 1. The largest absolute Gasteiger partial charge is 0.516 e. The van der Waals surface area contributed by atoms with Gasteiger partial charge < -0.3 is 5.32 Å². The maximum atomic E-state index is 14.7. The number of sulfonamides is 1. The topological polar surface area (TPSA) is 112 Å². The van der Waals surface area contributed by atoms with Crippen molar-refractivity contribution in [1.29, 1.82) is 0 Å². The smallest absolute Gasteiger partial charge is 0.347 e. The number of hydrogen-bond acceptors (Lipinski definition) is 7. The van der Waals surface area contributed by atoms with Crippen LogP contribution in [0.3, 0.4) is 0 Å². The zero-order valence-corrected chi connectivity index (χ0v) is 20.4. The molecule has 0 atom stereocenters. The van der Waals surface area contributed by atoms with Gasteiger partial charge in [0.15, 0.2) is 11.0 Å². The Hall–Kier alpha value is -3.53. The third-order valence-corrected chi connectivity index (χ3v) is 7.09. The molecule has 198 valence electrons. The fourth-order valence-electron chi connectivity index (χ4n) is 3.52. The first-order valence-corrected chi connectivity index (χ1v) is 12.3. The minimum absolute atomic E-state index is 0.0331. The number of rotatable bonds is 6. The summed E-state index contributed by atoms with van der Waals surface area (Å²) in [5.41, 5.74) is -4.88.